The summed E-state index contributed by atoms with van der Waals surface area (Å²) < 4.78 is 5.88. The van der Waals surface area contributed by atoms with E-state index in [9.17, 15) is 0 Å². The van der Waals surface area contributed by atoms with Gasteiger partial charge in [0.1, 0.15) is 17.3 Å². The lowest BCUT2D eigenvalue weighted by Crippen LogP contribution is -1.96. The van der Waals surface area contributed by atoms with Crippen LogP contribution in [-0.2, 0) is 0 Å². The smallest absolute Gasteiger partial charge is 0.131 e. The molecule has 4 aromatic rings. The van der Waals surface area contributed by atoms with Crippen molar-refractivity contribution < 1.29 is 4.74 Å². The molecule has 1 heterocycles. The van der Waals surface area contributed by atoms with Crippen LogP contribution in [0.4, 0.5) is 11.5 Å². The molecule has 1 aromatic heterocycles. The number of nitrogens with zero attached hydrogens (tertiary/aromatic N) is 1. The van der Waals surface area contributed by atoms with Gasteiger partial charge in [0.05, 0.1) is 10.5 Å². The van der Waals surface area contributed by atoms with Crippen LogP contribution in [0.5, 0.6) is 11.5 Å². The van der Waals surface area contributed by atoms with Crippen molar-refractivity contribution in [3.05, 3.63) is 89.4 Å². The van der Waals surface area contributed by atoms with Gasteiger partial charge in [-0.05, 0) is 61.0 Å². The molecule has 0 spiro atoms. The van der Waals surface area contributed by atoms with Crippen LogP contribution >= 0.6 is 11.6 Å². The van der Waals surface area contributed by atoms with E-state index in [1.165, 1.54) is 0 Å². The average molecular weight is 361 g/mol. The topological polar surface area (TPSA) is 34.1 Å². The van der Waals surface area contributed by atoms with Crippen LogP contribution < -0.4 is 10.1 Å². The zero-order chi connectivity index (χ0) is 17.9. The monoisotopic (exact) mass is 360 g/mol. The number of halogens is 1. The Labute approximate surface area is 157 Å². The number of rotatable bonds is 4. The van der Waals surface area contributed by atoms with Gasteiger partial charge in [-0.25, -0.2) is 4.98 Å². The third kappa shape index (κ3) is 3.48. The first-order valence-corrected chi connectivity index (χ1v) is 8.73. The number of ether oxygens (including phenoxy) is 1. The highest BCUT2D eigenvalue weighted by Gasteiger charge is 2.06. The first-order valence-electron chi connectivity index (χ1n) is 8.35. The molecule has 3 aromatic carbocycles. The predicted octanol–water partition coefficient (Wildman–Crippen LogP) is 6.73. The normalized spacial score (nSPS) is 10.7. The van der Waals surface area contributed by atoms with Crippen molar-refractivity contribution in [3.8, 4) is 11.5 Å². The lowest BCUT2D eigenvalue weighted by molar-refractivity contribution is 0.482. The second kappa shape index (κ2) is 7.06. The Kier molecular flexibility index (Phi) is 4.46. The third-order valence-corrected chi connectivity index (χ3v) is 4.42. The van der Waals surface area contributed by atoms with Crippen LogP contribution in [0.2, 0.25) is 5.02 Å². The van der Waals surface area contributed by atoms with Gasteiger partial charge in [-0.2, -0.15) is 0 Å². The van der Waals surface area contributed by atoms with E-state index in [4.69, 9.17) is 16.3 Å². The number of aryl methyl sites for hydroxylation is 1. The standard InChI is InChI=1S/C22H17ClN2O/c1-15-14-18(26-17-7-3-2-4-8-17)11-12-20(15)24-21-13-10-16-6-5-9-19(23)22(16)25-21/h2-14H,1H3,(H,24,25). The van der Waals surface area contributed by atoms with E-state index in [0.29, 0.717) is 5.02 Å². The highest BCUT2D eigenvalue weighted by molar-refractivity contribution is 6.35. The second-order valence-corrected chi connectivity index (χ2v) is 6.43. The predicted molar refractivity (Wildman–Crippen MR) is 108 cm³/mol. The fourth-order valence-corrected chi connectivity index (χ4v) is 3.01. The van der Waals surface area contributed by atoms with E-state index in [1.54, 1.807) is 0 Å². The number of benzene rings is 3. The molecule has 26 heavy (non-hydrogen) atoms. The molecule has 1 N–H and O–H groups in total. The van der Waals surface area contributed by atoms with Crippen molar-refractivity contribution in [1.82, 2.24) is 4.98 Å². The van der Waals surface area contributed by atoms with Gasteiger partial charge in [0.15, 0.2) is 0 Å². The molecule has 128 valence electrons. The van der Waals surface area contributed by atoms with Crippen LogP contribution in [-0.4, -0.2) is 4.98 Å². The first-order chi connectivity index (χ1) is 12.7. The van der Waals surface area contributed by atoms with Crippen LogP contribution in [0.1, 0.15) is 5.56 Å². The molecular weight excluding hydrogens is 344 g/mol. The fourth-order valence-electron chi connectivity index (χ4n) is 2.78. The minimum absolute atomic E-state index is 0.648. The van der Waals surface area contributed by atoms with Gasteiger partial charge in [0.2, 0.25) is 0 Å². The fraction of sp³-hybridized carbons (Fsp3) is 0.0455. The van der Waals surface area contributed by atoms with Crippen LogP contribution in [0.3, 0.4) is 0 Å². The Bertz CT molecular complexity index is 1060. The van der Waals surface area contributed by atoms with E-state index in [-0.39, 0.29) is 0 Å². The number of anilines is 2. The minimum Gasteiger partial charge on any atom is -0.457 e. The zero-order valence-corrected chi connectivity index (χ0v) is 15.0. The summed E-state index contributed by atoms with van der Waals surface area (Å²) in [5, 5.41) is 5.02. The van der Waals surface area contributed by atoms with E-state index in [2.05, 4.69) is 10.3 Å². The summed E-state index contributed by atoms with van der Waals surface area (Å²) in [5.41, 5.74) is 2.84. The number of aromatic nitrogens is 1. The van der Waals surface area contributed by atoms with Crippen molar-refractivity contribution >= 4 is 34.0 Å². The molecule has 0 aliphatic heterocycles. The number of hydrogen-bond acceptors (Lipinski definition) is 3. The summed E-state index contributed by atoms with van der Waals surface area (Å²) in [4.78, 5) is 4.63. The molecule has 0 aliphatic rings. The Morgan fingerprint density at radius 1 is 0.846 bits per heavy atom. The number of para-hydroxylation sites is 2. The molecule has 0 fully saturated rings. The van der Waals surface area contributed by atoms with Crippen LogP contribution in [0.15, 0.2) is 78.9 Å². The number of pyridine rings is 1. The summed E-state index contributed by atoms with van der Waals surface area (Å²) >= 11 is 6.25. The Morgan fingerprint density at radius 3 is 2.50 bits per heavy atom. The molecule has 0 amide bonds. The summed E-state index contributed by atoms with van der Waals surface area (Å²) in [6, 6.07) is 25.4. The average Bonchev–Trinajstić information content (AvgIpc) is 2.65. The summed E-state index contributed by atoms with van der Waals surface area (Å²) in [5.74, 6) is 2.37. The molecule has 0 atom stereocenters. The van der Waals surface area contributed by atoms with Gasteiger partial charge >= 0.3 is 0 Å². The van der Waals surface area contributed by atoms with E-state index in [0.717, 1.165) is 39.5 Å². The molecule has 3 nitrogen and oxygen atoms in total. The highest BCUT2D eigenvalue weighted by atomic mass is 35.5. The molecule has 0 saturated carbocycles. The van der Waals surface area contributed by atoms with Crippen molar-refractivity contribution in [2.24, 2.45) is 0 Å². The maximum Gasteiger partial charge on any atom is 0.131 e. The lowest BCUT2D eigenvalue weighted by atomic mass is 10.2. The summed E-state index contributed by atoms with van der Waals surface area (Å²) in [6.07, 6.45) is 0. The van der Waals surface area contributed by atoms with Gasteiger partial charge in [-0.1, -0.05) is 41.9 Å². The minimum atomic E-state index is 0.648. The molecule has 0 radical (unpaired) electrons. The van der Waals surface area contributed by atoms with Crippen molar-refractivity contribution in [3.63, 3.8) is 0 Å². The lowest BCUT2D eigenvalue weighted by Gasteiger charge is -2.12. The molecule has 4 rings (SSSR count). The SMILES string of the molecule is Cc1cc(Oc2ccccc2)ccc1Nc1ccc2cccc(Cl)c2n1. The van der Waals surface area contributed by atoms with Crippen molar-refractivity contribution in [2.75, 3.05) is 5.32 Å². The van der Waals surface area contributed by atoms with Crippen LogP contribution in [0.25, 0.3) is 10.9 Å². The van der Waals surface area contributed by atoms with Crippen molar-refractivity contribution in [1.29, 1.82) is 0 Å². The molecule has 0 aliphatic carbocycles. The Balaban J connectivity index is 1.58. The molecule has 4 heteroatoms. The Morgan fingerprint density at radius 2 is 1.69 bits per heavy atom. The zero-order valence-electron chi connectivity index (χ0n) is 14.2. The quantitative estimate of drug-likeness (QED) is 0.438. The number of nitrogens with one attached hydrogen (secondary N) is 1. The highest BCUT2D eigenvalue weighted by Crippen LogP contribution is 2.29. The van der Waals surface area contributed by atoms with E-state index < -0.39 is 0 Å². The largest absolute Gasteiger partial charge is 0.457 e. The van der Waals surface area contributed by atoms with Gasteiger partial charge in [0, 0.05) is 11.1 Å². The molecule has 0 bridgehead atoms. The van der Waals surface area contributed by atoms with Gasteiger partial charge in [-0.3, -0.25) is 0 Å². The molecule has 0 saturated heterocycles. The van der Waals surface area contributed by atoms with Crippen LogP contribution in [0, 0.1) is 6.92 Å². The number of hydrogen-bond donors (Lipinski definition) is 1. The van der Waals surface area contributed by atoms with E-state index >= 15 is 0 Å². The first kappa shape index (κ1) is 16.4. The Hall–Kier alpha value is -3.04. The second-order valence-electron chi connectivity index (χ2n) is 6.02. The van der Waals surface area contributed by atoms with Gasteiger partial charge in [0.25, 0.3) is 0 Å². The summed E-state index contributed by atoms with van der Waals surface area (Å²) in [6.45, 7) is 2.04. The van der Waals surface area contributed by atoms with Crippen molar-refractivity contribution in [2.45, 2.75) is 6.92 Å². The third-order valence-electron chi connectivity index (χ3n) is 4.11. The molecule has 0 unspecified atom stereocenters. The van der Waals surface area contributed by atoms with E-state index in [1.807, 2.05) is 85.8 Å². The summed E-state index contributed by atoms with van der Waals surface area (Å²) in [7, 11) is 0. The maximum atomic E-state index is 6.25. The number of fused-ring (bicyclic) bond motifs is 1. The molecular formula is C22H17ClN2O. The van der Waals surface area contributed by atoms with Gasteiger partial charge in [-0.15, -0.1) is 0 Å². The maximum absolute atomic E-state index is 6.25. The van der Waals surface area contributed by atoms with Gasteiger partial charge < -0.3 is 10.1 Å².